The van der Waals surface area contributed by atoms with Crippen LogP contribution in [0, 0.1) is 6.92 Å². The molecule has 1 amide bonds. The fraction of sp³-hybridized carbons (Fsp3) is 0.207. The highest BCUT2D eigenvalue weighted by molar-refractivity contribution is 6.32. The van der Waals surface area contributed by atoms with Gasteiger partial charge in [-0.1, -0.05) is 53.5 Å². The largest absolute Gasteiger partial charge is 0.455 e. The molecule has 0 spiro atoms. The molecule has 5 aromatic rings. The van der Waals surface area contributed by atoms with Crippen LogP contribution in [-0.4, -0.2) is 46.7 Å². The number of halogens is 5. The fourth-order valence-electron chi connectivity index (χ4n) is 4.53. The number of rotatable bonds is 9. The molecule has 5 rings (SSSR count). The number of alkyl halides is 3. The van der Waals surface area contributed by atoms with Crippen molar-refractivity contribution in [3.05, 3.63) is 116 Å². The summed E-state index contributed by atoms with van der Waals surface area (Å²) in [4.78, 5) is 32.3. The zero-order valence-corrected chi connectivity index (χ0v) is 24.7. The first kappa shape index (κ1) is 30.8. The van der Waals surface area contributed by atoms with Crippen LogP contribution < -0.4 is 5.32 Å². The molecule has 0 saturated heterocycles. The van der Waals surface area contributed by atoms with Crippen LogP contribution in [0.5, 0.6) is 0 Å². The summed E-state index contributed by atoms with van der Waals surface area (Å²) in [6.45, 7) is 3.25. The minimum Gasteiger partial charge on any atom is -0.346 e. The van der Waals surface area contributed by atoms with Gasteiger partial charge in [-0.25, -0.2) is 9.67 Å². The Kier molecular flexibility index (Phi) is 8.79. The molecule has 0 aliphatic carbocycles. The van der Waals surface area contributed by atoms with Gasteiger partial charge >= 0.3 is 6.18 Å². The minimum atomic E-state index is -4.78. The zero-order valence-electron chi connectivity index (χ0n) is 23.2. The smallest absolute Gasteiger partial charge is 0.346 e. The Morgan fingerprint density at radius 1 is 1.02 bits per heavy atom. The lowest BCUT2D eigenvalue weighted by atomic mass is 9.95. The molecule has 0 fully saturated rings. The molecule has 0 bridgehead atoms. The maximum atomic E-state index is 13.9. The van der Waals surface area contributed by atoms with Crippen LogP contribution in [0.3, 0.4) is 0 Å². The van der Waals surface area contributed by atoms with E-state index in [1.165, 1.54) is 23.0 Å². The van der Waals surface area contributed by atoms with Crippen LogP contribution in [-0.2, 0) is 19.1 Å². The fourth-order valence-corrected chi connectivity index (χ4v) is 5.00. The molecule has 226 valence electrons. The third-order valence-corrected chi connectivity index (χ3v) is 7.18. The second-order valence-electron chi connectivity index (χ2n) is 9.84. The molecule has 1 N–H and O–H groups in total. The van der Waals surface area contributed by atoms with E-state index in [0.29, 0.717) is 20.9 Å². The molecule has 3 aromatic heterocycles. The second-order valence-corrected chi connectivity index (χ2v) is 10.7. The number of amides is 1. The lowest BCUT2D eigenvalue weighted by Gasteiger charge is -2.18. The molecule has 0 saturated carbocycles. The van der Waals surface area contributed by atoms with Crippen molar-refractivity contribution in [2.75, 3.05) is 0 Å². The van der Waals surface area contributed by atoms with Gasteiger partial charge in [0.1, 0.15) is 12.2 Å². The molecule has 1 unspecified atom stereocenters. The van der Waals surface area contributed by atoms with Gasteiger partial charge in [0.05, 0.1) is 16.8 Å². The topological polar surface area (TPSA) is 120 Å². The molecule has 44 heavy (non-hydrogen) atoms. The highest BCUT2D eigenvalue weighted by atomic mass is 35.5. The van der Waals surface area contributed by atoms with Gasteiger partial charge in [-0.05, 0) is 66.1 Å². The maximum absolute atomic E-state index is 13.9. The van der Waals surface area contributed by atoms with Gasteiger partial charge < -0.3 is 5.32 Å². The molecule has 0 radical (unpaired) electrons. The maximum Gasteiger partial charge on any atom is 0.455 e. The van der Waals surface area contributed by atoms with E-state index in [1.807, 2.05) is 37.3 Å². The molecular formula is C29H23Cl2F3N8O2. The summed E-state index contributed by atoms with van der Waals surface area (Å²) < 4.78 is 40.2. The Hall–Kier alpha value is -4.62. The number of nitrogens with one attached hydrogen (secondary N) is 1. The molecule has 0 aliphatic heterocycles. The predicted octanol–water partition coefficient (Wildman–Crippen LogP) is 5.85. The number of carbonyl (C=O) groups is 2. The molecule has 10 nitrogen and oxygen atoms in total. The number of aryl methyl sites for hydroxylation is 1. The number of benzene rings is 2. The zero-order chi connectivity index (χ0) is 31.6. The standard InChI is InChI=1S/C29H23Cl2F3N8O2/c1-16-11-19(30)12-22(27(44)36-17(2)18-7-4-3-5-8-18)21(16)14-25(43)24-13-20(15-41-39-28(37-40-41)29(32,33)34)38-42(24)26-23(31)9-6-10-35-26/h3-13,17H,14-15H2,1-2H3,(H,36,44). The Morgan fingerprint density at radius 3 is 2.45 bits per heavy atom. The van der Waals surface area contributed by atoms with Gasteiger partial charge in [0, 0.05) is 23.2 Å². The van der Waals surface area contributed by atoms with Crippen molar-refractivity contribution in [3.63, 3.8) is 0 Å². The van der Waals surface area contributed by atoms with Crippen molar-refractivity contribution in [2.45, 2.75) is 39.0 Å². The molecular weight excluding hydrogens is 620 g/mol. The average molecular weight is 643 g/mol. The van der Waals surface area contributed by atoms with Crippen LogP contribution in [0.1, 0.15) is 62.0 Å². The summed E-state index contributed by atoms with van der Waals surface area (Å²) >= 11 is 12.7. The number of hydrogen-bond acceptors (Lipinski definition) is 7. The monoisotopic (exact) mass is 642 g/mol. The van der Waals surface area contributed by atoms with Crippen molar-refractivity contribution >= 4 is 34.9 Å². The number of nitrogens with zero attached hydrogens (tertiary/aromatic N) is 7. The van der Waals surface area contributed by atoms with Crippen molar-refractivity contribution in [3.8, 4) is 5.82 Å². The van der Waals surface area contributed by atoms with Crippen LogP contribution in [0.4, 0.5) is 13.2 Å². The van der Waals surface area contributed by atoms with Gasteiger partial charge in [0.2, 0.25) is 0 Å². The Bertz CT molecular complexity index is 1840. The summed E-state index contributed by atoms with van der Waals surface area (Å²) in [5, 5.41) is 17.6. The van der Waals surface area contributed by atoms with E-state index in [4.69, 9.17) is 23.2 Å². The van der Waals surface area contributed by atoms with E-state index in [1.54, 1.807) is 25.1 Å². The molecule has 15 heteroatoms. The first-order valence-corrected chi connectivity index (χ1v) is 13.9. The summed E-state index contributed by atoms with van der Waals surface area (Å²) in [7, 11) is 0. The number of hydrogen-bond donors (Lipinski definition) is 1. The van der Waals surface area contributed by atoms with E-state index >= 15 is 0 Å². The van der Waals surface area contributed by atoms with E-state index in [0.717, 1.165) is 5.56 Å². The van der Waals surface area contributed by atoms with E-state index in [2.05, 4.69) is 30.8 Å². The van der Waals surface area contributed by atoms with Crippen molar-refractivity contribution < 1.29 is 22.8 Å². The van der Waals surface area contributed by atoms with Gasteiger partial charge in [-0.3, -0.25) is 9.59 Å². The van der Waals surface area contributed by atoms with Crippen molar-refractivity contribution in [2.24, 2.45) is 0 Å². The van der Waals surface area contributed by atoms with Gasteiger partial charge in [-0.15, -0.1) is 10.2 Å². The first-order chi connectivity index (χ1) is 20.9. The van der Waals surface area contributed by atoms with Crippen LogP contribution in [0.2, 0.25) is 10.0 Å². The minimum absolute atomic E-state index is 0.0233. The highest BCUT2D eigenvalue weighted by Gasteiger charge is 2.37. The van der Waals surface area contributed by atoms with E-state index < -0.39 is 23.7 Å². The Labute approximate surface area is 258 Å². The van der Waals surface area contributed by atoms with Crippen LogP contribution in [0.15, 0.2) is 66.9 Å². The number of carbonyl (C=O) groups excluding carboxylic acids is 2. The van der Waals surface area contributed by atoms with Crippen molar-refractivity contribution in [1.82, 2.24) is 40.3 Å². The summed E-state index contributed by atoms with van der Waals surface area (Å²) in [6, 6.07) is 16.7. The van der Waals surface area contributed by atoms with Gasteiger partial charge in [0.25, 0.3) is 11.7 Å². The van der Waals surface area contributed by atoms with Crippen molar-refractivity contribution in [1.29, 1.82) is 0 Å². The van der Waals surface area contributed by atoms with Crippen LogP contribution in [0.25, 0.3) is 5.82 Å². The molecule has 3 heterocycles. The SMILES string of the molecule is Cc1cc(Cl)cc(C(=O)NC(C)c2ccccc2)c1CC(=O)c1cc(Cn2nnc(C(F)(F)F)n2)nn1-c1ncccc1Cl. The summed E-state index contributed by atoms with van der Waals surface area (Å²) in [5.74, 6) is -2.18. The first-order valence-electron chi connectivity index (χ1n) is 13.1. The molecule has 0 aliphatic rings. The van der Waals surface area contributed by atoms with E-state index in [-0.39, 0.29) is 46.8 Å². The average Bonchev–Trinajstić information content (AvgIpc) is 3.63. The number of pyridine rings is 1. The Morgan fingerprint density at radius 2 is 1.77 bits per heavy atom. The summed E-state index contributed by atoms with van der Waals surface area (Å²) in [6.07, 6.45) is -3.56. The quantitative estimate of drug-likeness (QED) is 0.200. The number of tetrazole rings is 1. The lowest BCUT2D eigenvalue weighted by molar-refractivity contribution is -0.145. The molecule has 1 atom stereocenters. The number of ketones is 1. The Balaban J connectivity index is 1.48. The molecule has 2 aromatic carbocycles. The van der Waals surface area contributed by atoms with Crippen LogP contribution >= 0.6 is 23.2 Å². The lowest BCUT2D eigenvalue weighted by Crippen LogP contribution is -2.28. The second kappa shape index (κ2) is 12.5. The highest BCUT2D eigenvalue weighted by Crippen LogP contribution is 2.27. The van der Waals surface area contributed by atoms with Gasteiger partial charge in [-0.2, -0.15) is 23.1 Å². The third-order valence-electron chi connectivity index (χ3n) is 6.66. The van der Waals surface area contributed by atoms with E-state index in [9.17, 15) is 22.8 Å². The number of Topliss-reactive ketones (excluding diaryl/α,β-unsaturated/α-hetero) is 1. The van der Waals surface area contributed by atoms with Gasteiger partial charge in [0.15, 0.2) is 11.6 Å². The third kappa shape index (κ3) is 6.79. The predicted molar refractivity (Wildman–Crippen MR) is 155 cm³/mol. The number of aromatic nitrogens is 7. The normalized spacial score (nSPS) is 12.2. The summed E-state index contributed by atoms with van der Waals surface area (Å²) in [5.41, 5.74) is 2.33.